The highest BCUT2D eigenvalue weighted by Crippen LogP contribution is 2.20. The normalized spacial score (nSPS) is 10.7. The molecule has 0 spiro atoms. The van der Waals surface area contributed by atoms with Crippen molar-refractivity contribution in [2.45, 2.75) is 20.4 Å². The standard InChI is InChI=1S/C21H18Cl2N2O3/c1-13-20(14(2)25(24-13)11-16-5-3-4-6-18(16)23)21(27)28-12-19(26)15-7-9-17(22)10-8-15/h3-10H,11-12H2,1-2H3. The number of aromatic nitrogens is 2. The summed E-state index contributed by atoms with van der Waals surface area (Å²) in [6.07, 6.45) is 0. The predicted octanol–water partition coefficient (Wildman–Crippen LogP) is 4.89. The summed E-state index contributed by atoms with van der Waals surface area (Å²) in [5, 5.41) is 5.59. The summed E-state index contributed by atoms with van der Waals surface area (Å²) < 4.78 is 6.93. The highest BCUT2D eigenvalue weighted by atomic mass is 35.5. The number of aryl methyl sites for hydroxylation is 1. The maximum Gasteiger partial charge on any atom is 0.342 e. The monoisotopic (exact) mass is 416 g/mol. The molecule has 3 aromatic rings. The van der Waals surface area contributed by atoms with Crippen LogP contribution in [0.4, 0.5) is 0 Å². The Morgan fingerprint density at radius 1 is 1.04 bits per heavy atom. The molecular weight excluding hydrogens is 399 g/mol. The fraction of sp³-hybridized carbons (Fsp3) is 0.190. The van der Waals surface area contributed by atoms with Gasteiger partial charge < -0.3 is 4.74 Å². The van der Waals surface area contributed by atoms with Gasteiger partial charge in [-0.2, -0.15) is 5.10 Å². The Labute approximate surface area is 172 Å². The number of hydrogen-bond donors (Lipinski definition) is 0. The molecule has 7 heteroatoms. The second-order valence-corrected chi connectivity index (χ2v) is 7.14. The molecule has 28 heavy (non-hydrogen) atoms. The largest absolute Gasteiger partial charge is 0.454 e. The van der Waals surface area contributed by atoms with Crippen molar-refractivity contribution in [3.63, 3.8) is 0 Å². The molecule has 1 aromatic heterocycles. The highest BCUT2D eigenvalue weighted by Gasteiger charge is 2.21. The van der Waals surface area contributed by atoms with Gasteiger partial charge in [-0.15, -0.1) is 0 Å². The summed E-state index contributed by atoms with van der Waals surface area (Å²) in [7, 11) is 0. The number of ether oxygens (including phenoxy) is 1. The number of benzene rings is 2. The van der Waals surface area contributed by atoms with E-state index < -0.39 is 5.97 Å². The van der Waals surface area contributed by atoms with E-state index in [0.29, 0.717) is 39.1 Å². The van der Waals surface area contributed by atoms with Gasteiger partial charge in [0.1, 0.15) is 5.56 Å². The van der Waals surface area contributed by atoms with Crippen molar-refractivity contribution in [1.29, 1.82) is 0 Å². The van der Waals surface area contributed by atoms with Gasteiger partial charge in [-0.25, -0.2) is 4.79 Å². The minimum Gasteiger partial charge on any atom is -0.454 e. The molecule has 1 heterocycles. The molecule has 144 valence electrons. The Morgan fingerprint density at radius 2 is 1.71 bits per heavy atom. The third-order valence-electron chi connectivity index (χ3n) is 4.36. The Balaban J connectivity index is 1.72. The third kappa shape index (κ3) is 4.43. The van der Waals surface area contributed by atoms with E-state index in [2.05, 4.69) is 5.10 Å². The molecule has 3 rings (SSSR count). The third-order valence-corrected chi connectivity index (χ3v) is 4.98. The van der Waals surface area contributed by atoms with Crippen LogP contribution in [0.2, 0.25) is 10.0 Å². The average molecular weight is 417 g/mol. The lowest BCUT2D eigenvalue weighted by atomic mass is 10.1. The van der Waals surface area contributed by atoms with Crippen LogP contribution in [-0.4, -0.2) is 28.1 Å². The zero-order valence-corrected chi connectivity index (χ0v) is 16.9. The van der Waals surface area contributed by atoms with Crippen molar-refractivity contribution in [2.75, 3.05) is 6.61 Å². The van der Waals surface area contributed by atoms with Gasteiger partial charge in [0.25, 0.3) is 0 Å². The summed E-state index contributed by atoms with van der Waals surface area (Å²) in [6.45, 7) is 3.60. The maximum absolute atomic E-state index is 12.5. The molecule has 0 aliphatic rings. The zero-order valence-electron chi connectivity index (χ0n) is 15.4. The fourth-order valence-electron chi connectivity index (χ4n) is 2.86. The molecule has 0 fully saturated rings. The molecule has 5 nitrogen and oxygen atoms in total. The van der Waals surface area contributed by atoms with Gasteiger partial charge in [-0.1, -0.05) is 41.4 Å². The molecule has 0 atom stereocenters. The van der Waals surface area contributed by atoms with Crippen LogP contribution in [0.3, 0.4) is 0 Å². The molecule has 0 N–H and O–H groups in total. The minimum absolute atomic E-state index is 0.302. The van der Waals surface area contributed by atoms with Crippen molar-refractivity contribution in [2.24, 2.45) is 0 Å². The number of nitrogens with zero attached hydrogens (tertiary/aromatic N) is 2. The first-order valence-corrected chi connectivity index (χ1v) is 9.35. The summed E-state index contributed by atoms with van der Waals surface area (Å²) in [5.74, 6) is -0.883. The molecule has 0 unspecified atom stereocenters. The van der Waals surface area contributed by atoms with E-state index in [1.54, 1.807) is 48.9 Å². The van der Waals surface area contributed by atoms with Gasteiger partial charge in [-0.3, -0.25) is 9.48 Å². The van der Waals surface area contributed by atoms with Crippen molar-refractivity contribution in [3.8, 4) is 0 Å². The van der Waals surface area contributed by atoms with E-state index in [1.807, 2.05) is 18.2 Å². The fourth-order valence-corrected chi connectivity index (χ4v) is 3.18. The molecule has 0 aliphatic heterocycles. The summed E-state index contributed by atoms with van der Waals surface area (Å²) in [5.41, 5.74) is 2.87. The van der Waals surface area contributed by atoms with Crippen molar-refractivity contribution in [3.05, 3.63) is 86.7 Å². The van der Waals surface area contributed by atoms with Gasteiger partial charge >= 0.3 is 5.97 Å². The van der Waals surface area contributed by atoms with Crippen molar-refractivity contribution in [1.82, 2.24) is 9.78 Å². The Kier molecular flexibility index (Phi) is 6.17. The lowest BCUT2D eigenvalue weighted by Crippen LogP contribution is -2.15. The first kappa shape index (κ1) is 20.1. The summed E-state index contributed by atoms with van der Waals surface area (Å²) in [6, 6.07) is 13.9. The van der Waals surface area contributed by atoms with E-state index >= 15 is 0 Å². The topological polar surface area (TPSA) is 61.2 Å². The number of carbonyl (C=O) groups is 2. The quantitative estimate of drug-likeness (QED) is 0.423. The molecular formula is C21H18Cl2N2O3. The van der Waals surface area contributed by atoms with Gasteiger partial charge in [0.15, 0.2) is 12.4 Å². The molecule has 0 aliphatic carbocycles. The number of Topliss-reactive ketones (excluding diaryl/α,β-unsaturated/α-hetero) is 1. The number of hydrogen-bond acceptors (Lipinski definition) is 4. The molecule has 0 amide bonds. The van der Waals surface area contributed by atoms with E-state index in [9.17, 15) is 9.59 Å². The first-order chi connectivity index (χ1) is 13.4. The molecule has 2 aromatic carbocycles. The van der Waals surface area contributed by atoms with E-state index in [0.717, 1.165) is 5.56 Å². The smallest absolute Gasteiger partial charge is 0.342 e. The number of rotatable bonds is 6. The summed E-state index contributed by atoms with van der Waals surface area (Å²) >= 11 is 12.0. The Hall–Kier alpha value is -2.63. The number of ketones is 1. The second kappa shape index (κ2) is 8.59. The Morgan fingerprint density at radius 3 is 2.39 bits per heavy atom. The van der Waals surface area contributed by atoms with Crippen LogP contribution < -0.4 is 0 Å². The highest BCUT2D eigenvalue weighted by molar-refractivity contribution is 6.31. The lowest BCUT2D eigenvalue weighted by molar-refractivity contribution is 0.0473. The van der Waals surface area contributed by atoms with Crippen LogP contribution in [0, 0.1) is 13.8 Å². The molecule has 0 bridgehead atoms. The van der Waals surface area contributed by atoms with Crippen LogP contribution in [-0.2, 0) is 11.3 Å². The molecule has 0 saturated carbocycles. The van der Waals surface area contributed by atoms with E-state index in [1.165, 1.54) is 0 Å². The van der Waals surface area contributed by atoms with Crippen molar-refractivity contribution >= 4 is 35.0 Å². The van der Waals surface area contributed by atoms with Crippen LogP contribution in [0.5, 0.6) is 0 Å². The van der Waals surface area contributed by atoms with Gasteiger partial charge in [0.2, 0.25) is 0 Å². The van der Waals surface area contributed by atoms with Gasteiger partial charge in [-0.05, 0) is 49.7 Å². The first-order valence-electron chi connectivity index (χ1n) is 8.60. The molecule has 0 saturated heterocycles. The lowest BCUT2D eigenvalue weighted by Gasteiger charge is -2.08. The van der Waals surface area contributed by atoms with Gasteiger partial charge in [0, 0.05) is 15.6 Å². The van der Waals surface area contributed by atoms with Crippen molar-refractivity contribution < 1.29 is 14.3 Å². The summed E-state index contributed by atoms with van der Waals surface area (Å²) in [4.78, 5) is 24.7. The van der Waals surface area contributed by atoms with Crippen LogP contribution in [0.1, 0.15) is 37.7 Å². The Bertz CT molecular complexity index is 1030. The predicted molar refractivity (Wildman–Crippen MR) is 108 cm³/mol. The number of halogens is 2. The SMILES string of the molecule is Cc1nn(Cc2ccccc2Cl)c(C)c1C(=O)OCC(=O)c1ccc(Cl)cc1. The van der Waals surface area contributed by atoms with E-state index in [4.69, 9.17) is 27.9 Å². The number of esters is 1. The molecule has 0 radical (unpaired) electrons. The minimum atomic E-state index is -0.581. The maximum atomic E-state index is 12.5. The number of carbonyl (C=O) groups excluding carboxylic acids is 2. The zero-order chi connectivity index (χ0) is 20.3. The second-order valence-electron chi connectivity index (χ2n) is 6.30. The van der Waals surface area contributed by atoms with Gasteiger partial charge in [0.05, 0.1) is 17.9 Å². The van der Waals surface area contributed by atoms with Crippen LogP contribution >= 0.6 is 23.2 Å². The van der Waals surface area contributed by atoms with Crippen LogP contribution in [0.25, 0.3) is 0 Å². The van der Waals surface area contributed by atoms with E-state index in [-0.39, 0.29) is 12.4 Å². The average Bonchev–Trinajstić information content (AvgIpc) is 2.95. The van der Waals surface area contributed by atoms with Crippen LogP contribution in [0.15, 0.2) is 48.5 Å².